The van der Waals surface area contributed by atoms with Crippen molar-refractivity contribution in [2.45, 2.75) is 12.8 Å². The minimum atomic E-state index is 0.869. The first-order valence-electron chi connectivity index (χ1n) is 11.2. The minimum absolute atomic E-state index is 0.869. The number of allylic oxidation sites excluding steroid dienone is 3. The standard InChI is InChI=1S/C28H29NO2/c1-30-28-13-12-22(25-9-4-5-11-27(25)28)20-23-19-21(24-8-2-3-10-26(23)24)7-6-14-29-15-17-31-18-16-29/h2-5,8-13,19-20H,6-7,14-18H2,1H3/b23-20-. The van der Waals surface area contributed by atoms with Crippen LogP contribution in [0.2, 0.25) is 0 Å². The Morgan fingerprint density at radius 1 is 0.903 bits per heavy atom. The van der Waals surface area contributed by atoms with Gasteiger partial charge in [-0.05, 0) is 64.8 Å². The Kier molecular flexibility index (Phi) is 5.88. The van der Waals surface area contributed by atoms with E-state index in [9.17, 15) is 0 Å². The van der Waals surface area contributed by atoms with Crippen molar-refractivity contribution in [3.05, 3.63) is 83.4 Å². The molecule has 1 saturated heterocycles. The molecule has 1 fully saturated rings. The zero-order valence-corrected chi connectivity index (χ0v) is 18.1. The summed E-state index contributed by atoms with van der Waals surface area (Å²) in [4.78, 5) is 2.52. The molecule has 0 N–H and O–H groups in total. The molecule has 0 spiro atoms. The largest absolute Gasteiger partial charge is 0.496 e. The summed E-state index contributed by atoms with van der Waals surface area (Å²) in [5, 5.41) is 2.38. The molecule has 0 unspecified atom stereocenters. The number of benzene rings is 3. The number of fused-ring (bicyclic) bond motifs is 2. The van der Waals surface area contributed by atoms with E-state index in [1.54, 1.807) is 7.11 Å². The second-order valence-electron chi connectivity index (χ2n) is 8.28. The van der Waals surface area contributed by atoms with Crippen molar-refractivity contribution in [2.24, 2.45) is 0 Å². The Morgan fingerprint density at radius 3 is 2.45 bits per heavy atom. The normalized spacial score (nSPS) is 17.7. The summed E-state index contributed by atoms with van der Waals surface area (Å²) in [6.07, 6.45) is 7.01. The van der Waals surface area contributed by atoms with E-state index in [2.05, 4.69) is 77.7 Å². The van der Waals surface area contributed by atoms with Gasteiger partial charge >= 0.3 is 0 Å². The summed E-state index contributed by atoms with van der Waals surface area (Å²) in [6, 6.07) is 21.5. The Morgan fingerprint density at radius 2 is 1.65 bits per heavy atom. The molecule has 0 atom stereocenters. The van der Waals surface area contributed by atoms with E-state index in [1.165, 1.54) is 39.6 Å². The smallest absolute Gasteiger partial charge is 0.126 e. The predicted octanol–water partition coefficient (Wildman–Crippen LogP) is 5.90. The monoisotopic (exact) mass is 411 g/mol. The molecule has 3 aromatic rings. The molecule has 0 aromatic heterocycles. The molecule has 31 heavy (non-hydrogen) atoms. The van der Waals surface area contributed by atoms with Crippen LogP contribution in [0.15, 0.2) is 66.7 Å². The average molecular weight is 412 g/mol. The van der Waals surface area contributed by atoms with Gasteiger partial charge in [-0.1, -0.05) is 60.7 Å². The van der Waals surface area contributed by atoms with Crippen molar-refractivity contribution < 1.29 is 9.47 Å². The second kappa shape index (κ2) is 9.09. The first-order chi connectivity index (χ1) is 15.3. The summed E-state index contributed by atoms with van der Waals surface area (Å²) < 4.78 is 11.0. The summed E-state index contributed by atoms with van der Waals surface area (Å²) in [7, 11) is 1.74. The average Bonchev–Trinajstić information content (AvgIpc) is 3.17. The van der Waals surface area contributed by atoms with E-state index >= 15 is 0 Å². The van der Waals surface area contributed by atoms with Gasteiger partial charge in [0.25, 0.3) is 0 Å². The van der Waals surface area contributed by atoms with Crippen molar-refractivity contribution in [1.82, 2.24) is 4.90 Å². The second-order valence-corrected chi connectivity index (χ2v) is 8.28. The maximum absolute atomic E-state index is 5.58. The fourth-order valence-electron chi connectivity index (χ4n) is 4.77. The van der Waals surface area contributed by atoms with Gasteiger partial charge in [0.15, 0.2) is 0 Å². The van der Waals surface area contributed by atoms with Gasteiger partial charge in [-0.2, -0.15) is 0 Å². The highest BCUT2D eigenvalue weighted by Gasteiger charge is 2.19. The van der Waals surface area contributed by atoms with Crippen molar-refractivity contribution in [3.63, 3.8) is 0 Å². The summed E-state index contributed by atoms with van der Waals surface area (Å²) in [6.45, 7) is 5.00. The van der Waals surface area contributed by atoms with Gasteiger partial charge in [0.05, 0.1) is 20.3 Å². The molecule has 0 radical (unpaired) electrons. The highest BCUT2D eigenvalue weighted by molar-refractivity contribution is 6.05. The van der Waals surface area contributed by atoms with E-state index in [-0.39, 0.29) is 0 Å². The van der Waals surface area contributed by atoms with E-state index in [1.807, 2.05) is 0 Å². The molecule has 0 saturated carbocycles. The predicted molar refractivity (Wildman–Crippen MR) is 129 cm³/mol. The number of hydrogen-bond donors (Lipinski definition) is 0. The first-order valence-corrected chi connectivity index (χ1v) is 11.2. The molecule has 1 aliphatic carbocycles. The number of ether oxygens (including phenoxy) is 2. The van der Waals surface area contributed by atoms with Crippen LogP contribution in [0.1, 0.15) is 29.5 Å². The van der Waals surface area contributed by atoms with Gasteiger partial charge in [-0.3, -0.25) is 4.90 Å². The maximum atomic E-state index is 5.58. The van der Waals surface area contributed by atoms with Crippen LogP contribution >= 0.6 is 0 Å². The Balaban J connectivity index is 1.44. The molecule has 1 heterocycles. The van der Waals surface area contributed by atoms with Crippen LogP contribution in [0.4, 0.5) is 0 Å². The molecule has 158 valence electrons. The Labute approximate surface area is 184 Å². The lowest BCUT2D eigenvalue weighted by Crippen LogP contribution is -2.36. The van der Waals surface area contributed by atoms with Crippen molar-refractivity contribution in [3.8, 4) is 5.75 Å². The third kappa shape index (κ3) is 4.16. The Bertz CT molecular complexity index is 1140. The Hall–Kier alpha value is -2.88. The van der Waals surface area contributed by atoms with Crippen LogP contribution in [-0.2, 0) is 4.74 Å². The van der Waals surface area contributed by atoms with E-state index in [4.69, 9.17) is 9.47 Å². The van der Waals surface area contributed by atoms with Crippen LogP contribution in [0.5, 0.6) is 5.75 Å². The molecule has 2 aliphatic rings. The molecule has 0 amide bonds. The minimum Gasteiger partial charge on any atom is -0.496 e. The third-order valence-corrected chi connectivity index (χ3v) is 6.39. The molecule has 3 heteroatoms. The highest BCUT2D eigenvalue weighted by Crippen LogP contribution is 2.39. The number of nitrogens with zero attached hydrogens (tertiary/aromatic N) is 1. The summed E-state index contributed by atoms with van der Waals surface area (Å²) >= 11 is 0. The molecule has 3 nitrogen and oxygen atoms in total. The van der Waals surface area contributed by atoms with Gasteiger partial charge in [0.2, 0.25) is 0 Å². The van der Waals surface area contributed by atoms with Crippen LogP contribution < -0.4 is 4.74 Å². The van der Waals surface area contributed by atoms with E-state index in [0.29, 0.717) is 0 Å². The summed E-state index contributed by atoms with van der Waals surface area (Å²) in [5.41, 5.74) is 6.70. The maximum Gasteiger partial charge on any atom is 0.126 e. The number of methoxy groups -OCH3 is 1. The molecular formula is C28H29NO2. The molecule has 5 rings (SSSR count). The molecule has 1 aliphatic heterocycles. The van der Waals surface area contributed by atoms with Crippen molar-refractivity contribution >= 4 is 28.0 Å². The third-order valence-electron chi connectivity index (χ3n) is 6.39. The fourth-order valence-corrected chi connectivity index (χ4v) is 4.77. The lowest BCUT2D eigenvalue weighted by molar-refractivity contribution is 0.0376. The topological polar surface area (TPSA) is 21.7 Å². The molecule has 0 bridgehead atoms. The molecular weight excluding hydrogens is 382 g/mol. The first kappa shape index (κ1) is 20.0. The lowest BCUT2D eigenvalue weighted by atomic mass is 9.98. The van der Waals surface area contributed by atoms with Gasteiger partial charge in [0.1, 0.15) is 5.75 Å². The number of rotatable bonds is 6. The van der Waals surface area contributed by atoms with Crippen molar-refractivity contribution in [1.29, 1.82) is 0 Å². The van der Waals surface area contributed by atoms with Gasteiger partial charge in [-0.15, -0.1) is 0 Å². The zero-order valence-electron chi connectivity index (χ0n) is 18.1. The quantitative estimate of drug-likeness (QED) is 0.504. The van der Waals surface area contributed by atoms with Crippen LogP contribution in [0, 0.1) is 0 Å². The van der Waals surface area contributed by atoms with Crippen LogP contribution in [-0.4, -0.2) is 44.9 Å². The van der Waals surface area contributed by atoms with Gasteiger partial charge in [-0.25, -0.2) is 0 Å². The SMILES string of the molecule is COc1ccc(/C=C2/C=C(CCCN3CCOCC3)c3ccccc32)c2ccccc12. The van der Waals surface area contributed by atoms with Crippen molar-refractivity contribution in [2.75, 3.05) is 40.0 Å². The van der Waals surface area contributed by atoms with Crippen LogP contribution in [0.25, 0.3) is 28.0 Å². The number of hydrogen-bond acceptors (Lipinski definition) is 3. The van der Waals surface area contributed by atoms with E-state index < -0.39 is 0 Å². The molecule has 3 aromatic carbocycles. The van der Waals surface area contributed by atoms with Gasteiger partial charge in [0, 0.05) is 18.5 Å². The zero-order chi connectivity index (χ0) is 21.0. The fraction of sp³-hybridized carbons (Fsp3) is 0.286. The van der Waals surface area contributed by atoms with Gasteiger partial charge < -0.3 is 9.47 Å². The highest BCUT2D eigenvalue weighted by atomic mass is 16.5. The number of morpholine rings is 1. The van der Waals surface area contributed by atoms with Crippen LogP contribution in [0.3, 0.4) is 0 Å². The van der Waals surface area contributed by atoms with E-state index in [0.717, 1.165) is 50.4 Å². The lowest BCUT2D eigenvalue weighted by Gasteiger charge is -2.26. The summed E-state index contributed by atoms with van der Waals surface area (Å²) in [5.74, 6) is 0.920.